The maximum absolute atomic E-state index is 13.5. The summed E-state index contributed by atoms with van der Waals surface area (Å²) in [5.74, 6) is 0.562. The topological polar surface area (TPSA) is 95.5 Å². The standard InChI is InChI=1S/C26H35Cl2N5O3S/c1-17-24(7-5-19-4-6-22(27)23(28)16-19)29-18(2)30-25(17)26(34)33-14-10-21(11-15-33)32-12-8-20(9-13-32)31-37(3,35)36/h4,6,16,20-21,31H,5,7-15H2,1-3H3. The lowest BCUT2D eigenvalue weighted by atomic mass is 9.97. The zero-order valence-corrected chi connectivity index (χ0v) is 24.0. The predicted octanol–water partition coefficient (Wildman–Crippen LogP) is 3.80. The number of aryl methyl sites for hydroxylation is 3. The van der Waals surface area contributed by atoms with Gasteiger partial charge in [0.25, 0.3) is 5.91 Å². The molecule has 4 rings (SSSR count). The second-order valence-corrected chi connectivity index (χ2v) is 12.8. The first kappa shape index (κ1) is 28.2. The fourth-order valence-corrected chi connectivity index (χ4v) is 6.53. The lowest BCUT2D eigenvalue weighted by Gasteiger charge is -2.41. The smallest absolute Gasteiger partial charge is 0.272 e. The van der Waals surface area contributed by atoms with E-state index in [0.29, 0.717) is 47.1 Å². The van der Waals surface area contributed by atoms with Crippen molar-refractivity contribution in [1.82, 2.24) is 24.5 Å². The van der Waals surface area contributed by atoms with Gasteiger partial charge in [-0.15, -0.1) is 0 Å². The molecule has 2 fully saturated rings. The van der Waals surface area contributed by atoms with E-state index in [1.54, 1.807) is 6.07 Å². The predicted molar refractivity (Wildman–Crippen MR) is 147 cm³/mol. The Morgan fingerprint density at radius 1 is 1.00 bits per heavy atom. The highest BCUT2D eigenvalue weighted by molar-refractivity contribution is 7.88. The minimum Gasteiger partial charge on any atom is -0.337 e. The highest BCUT2D eigenvalue weighted by atomic mass is 35.5. The maximum atomic E-state index is 13.5. The number of amides is 1. The number of likely N-dealkylation sites (tertiary alicyclic amines) is 2. The molecule has 1 aromatic carbocycles. The number of piperidine rings is 2. The highest BCUT2D eigenvalue weighted by Crippen LogP contribution is 2.25. The Labute approximate surface area is 229 Å². The van der Waals surface area contributed by atoms with Crippen molar-refractivity contribution in [2.45, 2.75) is 64.5 Å². The molecular formula is C26H35Cl2N5O3S. The first-order valence-electron chi connectivity index (χ1n) is 12.8. The molecule has 202 valence electrons. The molecule has 2 saturated heterocycles. The normalized spacial score (nSPS) is 18.4. The van der Waals surface area contributed by atoms with E-state index in [1.165, 1.54) is 6.26 Å². The van der Waals surface area contributed by atoms with Crippen LogP contribution in [-0.2, 0) is 22.9 Å². The molecule has 2 aromatic rings. The summed E-state index contributed by atoms with van der Waals surface area (Å²) >= 11 is 12.2. The number of rotatable bonds is 7. The molecule has 1 aromatic heterocycles. The lowest BCUT2D eigenvalue weighted by Crippen LogP contribution is -2.51. The first-order valence-corrected chi connectivity index (χ1v) is 15.4. The maximum Gasteiger partial charge on any atom is 0.272 e. The molecule has 2 aliphatic heterocycles. The number of nitrogens with zero attached hydrogens (tertiary/aromatic N) is 4. The Bertz CT molecular complexity index is 1240. The molecule has 1 N–H and O–H groups in total. The number of nitrogens with one attached hydrogen (secondary N) is 1. The minimum atomic E-state index is -3.17. The summed E-state index contributed by atoms with van der Waals surface area (Å²) in [4.78, 5) is 27.0. The largest absolute Gasteiger partial charge is 0.337 e. The molecule has 3 heterocycles. The van der Waals surface area contributed by atoms with Gasteiger partial charge in [-0.25, -0.2) is 23.1 Å². The third-order valence-electron chi connectivity index (χ3n) is 7.37. The minimum absolute atomic E-state index is 0.0165. The summed E-state index contributed by atoms with van der Waals surface area (Å²) in [5, 5.41) is 1.06. The van der Waals surface area contributed by atoms with Crippen LogP contribution < -0.4 is 4.72 Å². The monoisotopic (exact) mass is 567 g/mol. The lowest BCUT2D eigenvalue weighted by molar-refractivity contribution is 0.0570. The number of sulfonamides is 1. The number of aromatic nitrogens is 2. The van der Waals surface area contributed by atoms with Crippen LogP contribution in [0.5, 0.6) is 0 Å². The Hall–Kier alpha value is -1.78. The van der Waals surface area contributed by atoms with Crippen molar-refractivity contribution in [2.75, 3.05) is 32.4 Å². The number of hydrogen-bond acceptors (Lipinski definition) is 6. The molecule has 0 aliphatic carbocycles. The quantitative estimate of drug-likeness (QED) is 0.546. The van der Waals surface area contributed by atoms with E-state index in [2.05, 4.69) is 19.6 Å². The molecule has 37 heavy (non-hydrogen) atoms. The molecule has 0 bridgehead atoms. The van der Waals surface area contributed by atoms with Crippen LogP contribution in [0.15, 0.2) is 18.2 Å². The van der Waals surface area contributed by atoms with E-state index in [9.17, 15) is 13.2 Å². The Morgan fingerprint density at radius 3 is 2.30 bits per heavy atom. The van der Waals surface area contributed by atoms with Gasteiger partial charge in [-0.1, -0.05) is 29.3 Å². The van der Waals surface area contributed by atoms with Crippen molar-refractivity contribution in [2.24, 2.45) is 0 Å². The summed E-state index contributed by atoms with van der Waals surface area (Å²) in [7, 11) is -3.17. The van der Waals surface area contributed by atoms with E-state index < -0.39 is 10.0 Å². The van der Waals surface area contributed by atoms with Crippen LogP contribution in [0.2, 0.25) is 10.0 Å². The van der Waals surface area contributed by atoms with Crippen LogP contribution in [0.25, 0.3) is 0 Å². The molecule has 0 atom stereocenters. The van der Waals surface area contributed by atoms with Crippen molar-refractivity contribution in [1.29, 1.82) is 0 Å². The van der Waals surface area contributed by atoms with Crippen LogP contribution in [0, 0.1) is 13.8 Å². The molecule has 8 nitrogen and oxygen atoms in total. The van der Waals surface area contributed by atoms with Crippen LogP contribution in [0.4, 0.5) is 0 Å². The Morgan fingerprint density at radius 2 is 1.68 bits per heavy atom. The van der Waals surface area contributed by atoms with E-state index >= 15 is 0 Å². The van der Waals surface area contributed by atoms with E-state index in [0.717, 1.165) is 62.0 Å². The third-order valence-corrected chi connectivity index (χ3v) is 8.87. The number of hydrogen-bond donors (Lipinski definition) is 1. The van der Waals surface area contributed by atoms with Crippen LogP contribution in [0.1, 0.15) is 58.8 Å². The summed E-state index contributed by atoms with van der Waals surface area (Å²) in [6.45, 7) is 6.88. The van der Waals surface area contributed by atoms with Crippen molar-refractivity contribution < 1.29 is 13.2 Å². The third kappa shape index (κ3) is 7.41. The van der Waals surface area contributed by atoms with Crippen LogP contribution >= 0.6 is 23.2 Å². The van der Waals surface area contributed by atoms with Crippen LogP contribution in [0.3, 0.4) is 0 Å². The molecule has 0 saturated carbocycles. The van der Waals surface area contributed by atoms with Crippen molar-refractivity contribution in [3.63, 3.8) is 0 Å². The molecule has 0 spiro atoms. The fraction of sp³-hybridized carbons (Fsp3) is 0.577. The highest BCUT2D eigenvalue weighted by Gasteiger charge is 2.31. The average molecular weight is 569 g/mol. The SMILES string of the molecule is Cc1nc(CCc2ccc(Cl)c(Cl)c2)c(C)c(C(=O)N2CCC(N3CCC(NS(C)(=O)=O)CC3)CC2)n1. The van der Waals surface area contributed by atoms with Gasteiger partial charge in [0.15, 0.2) is 0 Å². The molecule has 0 radical (unpaired) electrons. The summed E-state index contributed by atoms with van der Waals surface area (Å²) < 4.78 is 25.7. The van der Waals surface area contributed by atoms with Crippen molar-refractivity contribution in [3.05, 3.63) is 56.6 Å². The van der Waals surface area contributed by atoms with Gasteiger partial charge in [-0.2, -0.15) is 0 Å². The van der Waals surface area contributed by atoms with Gasteiger partial charge in [0.05, 0.1) is 16.3 Å². The molecular weight excluding hydrogens is 533 g/mol. The Balaban J connectivity index is 1.34. The van der Waals surface area contributed by atoms with E-state index in [1.807, 2.05) is 30.9 Å². The van der Waals surface area contributed by atoms with Gasteiger partial charge in [-0.3, -0.25) is 4.79 Å². The van der Waals surface area contributed by atoms with Crippen molar-refractivity contribution >= 4 is 39.1 Å². The zero-order chi connectivity index (χ0) is 26.7. The molecule has 0 unspecified atom stereocenters. The summed E-state index contributed by atoms with van der Waals surface area (Å²) in [6.07, 6.45) is 6.08. The number of carbonyl (C=O) groups excluding carboxylic acids is 1. The van der Waals surface area contributed by atoms with Crippen LogP contribution in [-0.4, -0.2) is 78.6 Å². The second kappa shape index (κ2) is 11.9. The van der Waals surface area contributed by atoms with E-state index in [4.69, 9.17) is 23.2 Å². The average Bonchev–Trinajstić information content (AvgIpc) is 2.85. The van der Waals surface area contributed by atoms with Gasteiger partial charge >= 0.3 is 0 Å². The number of benzene rings is 1. The summed E-state index contributed by atoms with van der Waals surface area (Å²) in [6, 6.07) is 6.05. The zero-order valence-electron chi connectivity index (χ0n) is 21.6. The first-order chi connectivity index (χ1) is 17.5. The fourth-order valence-electron chi connectivity index (χ4n) is 5.37. The van der Waals surface area contributed by atoms with Gasteiger partial charge in [-0.05, 0) is 83.2 Å². The van der Waals surface area contributed by atoms with Gasteiger partial charge in [0.1, 0.15) is 11.5 Å². The van der Waals surface area contributed by atoms with Gasteiger partial charge < -0.3 is 9.80 Å². The van der Waals surface area contributed by atoms with Crippen molar-refractivity contribution in [3.8, 4) is 0 Å². The Kier molecular flexibility index (Phi) is 9.12. The second-order valence-electron chi connectivity index (χ2n) is 10.2. The number of halogens is 2. The molecule has 1 amide bonds. The van der Waals surface area contributed by atoms with Gasteiger partial charge in [0, 0.05) is 36.4 Å². The number of carbonyl (C=O) groups is 1. The van der Waals surface area contributed by atoms with Gasteiger partial charge in [0.2, 0.25) is 10.0 Å². The molecule has 2 aliphatic rings. The molecule has 11 heteroatoms. The van der Waals surface area contributed by atoms with E-state index in [-0.39, 0.29) is 11.9 Å². The summed E-state index contributed by atoms with van der Waals surface area (Å²) in [5.41, 5.74) is 3.26.